The highest BCUT2D eigenvalue weighted by Crippen LogP contribution is 2.44. The van der Waals surface area contributed by atoms with Gasteiger partial charge in [0.15, 0.2) is 6.61 Å². The van der Waals surface area contributed by atoms with E-state index in [2.05, 4.69) is 40.2 Å². The van der Waals surface area contributed by atoms with Crippen molar-refractivity contribution >= 4 is 17.9 Å². The van der Waals surface area contributed by atoms with E-state index < -0.39 is 29.7 Å². The molecule has 1 unspecified atom stereocenters. The van der Waals surface area contributed by atoms with Gasteiger partial charge in [0.05, 0.1) is 26.3 Å². The Morgan fingerprint density at radius 3 is 1.68 bits per heavy atom. The number of hydrogen-bond donors (Lipinski definition) is 3. The summed E-state index contributed by atoms with van der Waals surface area (Å²) >= 11 is 0. The van der Waals surface area contributed by atoms with Crippen molar-refractivity contribution in [3.63, 3.8) is 0 Å². The Morgan fingerprint density at radius 2 is 1.11 bits per heavy atom. The Bertz CT molecular complexity index is 2860. The second-order valence-corrected chi connectivity index (χ2v) is 18.8. The minimum atomic E-state index is -1.07. The van der Waals surface area contributed by atoms with Gasteiger partial charge in [-0.2, -0.15) is 0 Å². The van der Waals surface area contributed by atoms with Crippen LogP contribution >= 0.6 is 0 Å². The van der Waals surface area contributed by atoms with Crippen LogP contribution in [0.25, 0.3) is 11.1 Å². The van der Waals surface area contributed by atoms with E-state index in [0.717, 1.165) is 50.1 Å². The molecule has 71 heavy (non-hydrogen) atoms. The first-order chi connectivity index (χ1) is 34.2. The van der Waals surface area contributed by atoms with Crippen molar-refractivity contribution < 1.29 is 38.1 Å². The number of methoxy groups -OCH3 is 2. The van der Waals surface area contributed by atoms with Crippen molar-refractivity contribution in [3.8, 4) is 34.1 Å². The third-order valence-corrected chi connectivity index (χ3v) is 12.5. The molecule has 11 heteroatoms. The summed E-state index contributed by atoms with van der Waals surface area (Å²) in [7, 11) is 3.12. The molecule has 8 rings (SSSR count). The number of hydrogen-bond acceptors (Lipinski definition) is 8. The van der Waals surface area contributed by atoms with E-state index in [1.54, 1.807) is 38.5 Å². The third-order valence-electron chi connectivity index (χ3n) is 12.5. The zero-order valence-corrected chi connectivity index (χ0v) is 41.3. The number of carbonyl (C=O) groups excluding carboxylic acids is 3. The second kappa shape index (κ2) is 22.1. The van der Waals surface area contributed by atoms with Gasteiger partial charge in [-0.15, -0.1) is 0 Å². The van der Waals surface area contributed by atoms with Gasteiger partial charge in [-0.3, -0.25) is 9.59 Å². The maximum absolute atomic E-state index is 14.8. The lowest BCUT2D eigenvalue weighted by Gasteiger charge is -2.26. The van der Waals surface area contributed by atoms with Gasteiger partial charge in [0.25, 0.3) is 5.91 Å². The molecule has 0 saturated heterocycles. The summed E-state index contributed by atoms with van der Waals surface area (Å²) in [6.07, 6.45) is -0.588. The fourth-order valence-corrected chi connectivity index (χ4v) is 8.90. The monoisotopic (exact) mass is 951 g/mol. The molecule has 0 saturated carbocycles. The van der Waals surface area contributed by atoms with E-state index in [-0.39, 0.29) is 37.5 Å². The molecule has 0 aromatic heterocycles. The van der Waals surface area contributed by atoms with Crippen molar-refractivity contribution in [2.24, 2.45) is 0 Å². The number of alkyl carbamates (subject to hydrolysis) is 1. The highest BCUT2D eigenvalue weighted by Gasteiger charge is 2.31. The average Bonchev–Trinajstić information content (AvgIpc) is 3.69. The molecule has 0 heterocycles. The topological polar surface area (TPSA) is 133 Å². The van der Waals surface area contributed by atoms with Crippen LogP contribution < -0.4 is 34.9 Å². The van der Waals surface area contributed by atoms with E-state index in [0.29, 0.717) is 34.1 Å². The molecule has 0 radical (unpaired) electrons. The molecule has 7 aromatic rings. The Kier molecular flexibility index (Phi) is 15.4. The third kappa shape index (κ3) is 12.4. The second-order valence-electron chi connectivity index (χ2n) is 18.8. The molecule has 1 aliphatic carbocycles. The molecule has 0 spiro atoms. The number of ether oxygens (including phenoxy) is 5. The molecular weight excluding hydrogens is 891 g/mol. The molecule has 7 aromatic carbocycles. The fourth-order valence-electron chi connectivity index (χ4n) is 8.90. The van der Waals surface area contributed by atoms with E-state index >= 15 is 0 Å². The van der Waals surface area contributed by atoms with Crippen LogP contribution in [0.4, 0.5) is 4.79 Å². The summed E-state index contributed by atoms with van der Waals surface area (Å²) in [5.74, 6) is 1.24. The Labute approximate surface area is 416 Å². The zero-order valence-electron chi connectivity index (χ0n) is 41.3. The molecule has 3 N–H and O–H groups in total. The lowest BCUT2D eigenvalue weighted by atomic mass is 9.96. The van der Waals surface area contributed by atoms with Crippen LogP contribution in [0.3, 0.4) is 0 Å². The molecule has 3 amide bonds. The van der Waals surface area contributed by atoms with E-state index in [1.165, 1.54) is 0 Å². The maximum Gasteiger partial charge on any atom is 0.407 e. The van der Waals surface area contributed by atoms with Gasteiger partial charge < -0.3 is 39.6 Å². The van der Waals surface area contributed by atoms with Crippen molar-refractivity contribution in [2.75, 3.05) is 27.4 Å². The number of aryl methyl sites for hydroxylation is 2. The first-order valence-corrected chi connectivity index (χ1v) is 23.8. The normalized spacial score (nSPS) is 12.7. The molecule has 0 bridgehead atoms. The largest absolute Gasteiger partial charge is 0.497 e. The average molecular weight is 952 g/mol. The summed E-state index contributed by atoms with van der Waals surface area (Å²) in [5, 5.41) is 9.29. The molecule has 1 aliphatic rings. The summed E-state index contributed by atoms with van der Waals surface area (Å²) in [6, 6.07) is 50.2. The SMILES string of the molecule is COc1ccc(C(NC(=O)[C@@H](Cc2ccc(OC(C)(C)C)cc2)NC(=O)OCC2c3ccccc3-c3ccccc32)c2ccc(OCC(=O)NC(c3ccc(C)cc3)c3ccc(C)cc3)cc2)c(OC)c1. The van der Waals surface area contributed by atoms with Gasteiger partial charge in [0, 0.05) is 24.0 Å². The van der Waals surface area contributed by atoms with Crippen molar-refractivity contribution in [1.82, 2.24) is 16.0 Å². The lowest BCUT2D eigenvalue weighted by Crippen LogP contribution is -2.49. The first kappa shape index (κ1) is 49.4. The van der Waals surface area contributed by atoms with E-state index in [9.17, 15) is 14.4 Å². The van der Waals surface area contributed by atoms with Crippen molar-refractivity contribution in [2.45, 2.75) is 70.7 Å². The number of rotatable bonds is 18. The summed E-state index contributed by atoms with van der Waals surface area (Å²) in [4.78, 5) is 42.2. The Balaban J connectivity index is 1.02. The van der Waals surface area contributed by atoms with Crippen LogP contribution in [0.15, 0.2) is 164 Å². The van der Waals surface area contributed by atoms with Crippen LogP contribution in [0, 0.1) is 13.8 Å². The van der Waals surface area contributed by atoms with Gasteiger partial charge in [-0.1, -0.05) is 132 Å². The summed E-state index contributed by atoms with van der Waals surface area (Å²) < 4.78 is 29.5. The fraction of sp³-hybridized carbons (Fsp3) is 0.250. The van der Waals surface area contributed by atoms with Gasteiger partial charge in [0.1, 0.15) is 41.2 Å². The zero-order chi connectivity index (χ0) is 50.1. The predicted molar refractivity (Wildman–Crippen MR) is 276 cm³/mol. The number of carbonyl (C=O) groups is 3. The molecule has 0 fully saturated rings. The quantitative estimate of drug-likeness (QED) is 0.0774. The van der Waals surface area contributed by atoms with Gasteiger partial charge >= 0.3 is 6.09 Å². The highest BCUT2D eigenvalue weighted by molar-refractivity contribution is 5.87. The maximum atomic E-state index is 14.8. The Morgan fingerprint density at radius 1 is 0.577 bits per heavy atom. The lowest BCUT2D eigenvalue weighted by molar-refractivity contribution is -0.124. The number of amides is 3. The van der Waals surface area contributed by atoms with Crippen LogP contribution in [0.5, 0.6) is 23.0 Å². The van der Waals surface area contributed by atoms with Crippen LogP contribution in [0.2, 0.25) is 0 Å². The van der Waals surface area contributed by atoms with Crippen LogP contribution in [-0.4, -0.2) is 57.0 Å². The van der Waals surface area contributed by atoms with Crippen LogP contribution in [-0.2, 0) is 20.7 Å². The summed E-state index contributed by atoms with van der Waals surface area (Å²) in [6.45, 7) is 9.83. The molecule has 0 aliphatic heterocycles. The summed E-state index contributed by atoms with van der Waals surface area (Å²) in [5.41, 5.74) is 10.2. The first-order valence-electron chi connectivity index (χ1n) is 23.8. The predicted octanol–water partition coefficient (Wildman–Crippen LogP) is 11.1. The highest BCUT2D eigenvalue weighted by atomic mass is 16.5. The van der Waals surface area contributed by atoms with Crippen molar-refractivity contribution in [3.05, 3.63) is 214 Å². The molecule has 11 nitrogen and oxygen atoms in total. The van der Waals surface area contributed by atoms with Gasteiger partial charge in [0.2, 0.25) is 5.91 Å². The van der Waals surface area contributed by atoms with Crippen LogP contribution in [0.1, 0.15) is 88.8 Å². The number of fused-ring (bicyclic) bond motifs is 3. The molecule has 364 valence electrons. The minimum absolute atomic E-state index is 0.0782. The van der Waals surface area contributed by atoms with Gasteiger partial charge in [-0.05, 0) is 116 Å². The van der Waals surface area contributed by atoms with E-state index in [4.69, 9.17) is 23.7 Å². The Hall–Kier alpha value is -8.05. The minimum Gasteiger partial charge on any atom is -0.497 e. The number of nitrogens with one attached hydrogen (secondary N) is 3. The smallest absolute Gasteiger partial charge is 0.407 e. The van der Waals surface area contributed by atoms with Crippen molar-refractivity contribution in [1.29, 1.82) is 0 Å². The van der Waals surface area contributed by atoms with E-state index in [1.807, 2.05) is 150 Å². The molecule has 2 atom stereocenters. The number of benzene rings is 7. The molecular formula is C60H61N3O8. The standard InChI is InChI=1S/C60H61N3O8/c1-38-16-22-41(23-17-38)56(42-24-18-39(2)19-25-42)62-55(64)37-69-44-30-26-43(27-31-44)57(51-33-32-46(67-6)35-54(51)68-7)63-58(65)53(34-40-20-28-45(29-21-40)71-60(3,4)5)61-59(66)70-36-52-49-14-10-8-12-47(49)48-13-9-11-15-50(48)52/h8-33,35,52-53,56-57H,34,36-37H2,1-7H3,(H,61,66)(H,62,64)(H,63,65)/t53-,57?/m1/s1. The van der Waals surface area contributed by atoms with Gasteiger partial charge in [-0.25, -0.2) is 4.79 Å².